The summed E-state index contributed by atoms with van der Waals surface area (Å²) >= 11 is 0. The fourth-order valence-electron chi connectivity index (χ4n) is 3.13. The number of unbranched alkanes of at least 4 members (excludes halogenated alkanes) is 6. The molecule has 0 fully saturated rings. The molecule has 1 atom stereocenters. The Morgan fingerprint density at radius 1 is 0.857 bits per heavy atom. The van der Waals surface area contributed by atoms with E-state index in [1.807, 2.05) is 0 Å². The van der Waals surface area contributed by atoms with Gasteiger partial charge >= 0.3 is 5.97 Å². The van der Waals surface area contributed by atoms with Gasteiger partial charge in [0.25, 0.3) is 0 Å². The number of nitrogens with zero attached hydrogens (tertiary/aromatic N) is 1. The van der Waals surface area contributed by atoms with Gasteiger partial charge in [0.1, 0.15) is 12.6 Å². The van der Waals surface area contributed by atoms with Gasteiger partial charge in [-0.1, -0.05) is 52.4 Å². The van der Waals surface area contributed by atoms with Crippen molar-refractivity contribution in [3.8, 4) is 0 Å². The van der Waals surface area contributed by atoms with Crippen LogP contribution in [0, 0.1) is 0 Å². The van der Waals surface area contributed by atoms with E-state index in [2.05, 4.69) is 27.9 Å². The van der Waals surface area contributed by atoms with Crippen molar-refractivity contribution < 1.29 is 40.5 Å². The van der Waals surface area contributed by atoms with E-state index in [0.717, 1.165) is 50.0 Å². The summed E-state index contributed by atoms with van der Waals surface area (Å²) in [6.45, 7) is 10.6. The molecule has 0 amide bonds. The average Bonchev–Trinajstić information content (AvgIpc) is 2.61. The van der Waals surface area contributed by atoms with Crippen LogP contribution in [-0.2, 0) is 19.0 Å². The van der Waals surface area contributed by atoms with Crippen LogP contribution in [0.4, 0.5) is 0 Å². The van der Waals surface area contributed by atoms with Crippen LogP contribution in [0.1, 0.15) is 78.6 Å². The standard InChI is InChI=1S/C22H46NO4.BrH/c1-6-8-10-12-16-25-20-22(27-17-13-11-9-7-2)19-23(4,5)15-14-18-26-21(3)24;/h22H,6-20H2,1-5H3;1H/q+1;/p-1. The highest BCUT2D eigenvalue weighted by Gasteiger charge is 2.23. The second kappa shape index (κ2) is 20.1. The first-order valence-corrected chi connectivity index (χ1v) is 11.1. The van der Waals surface area contributed by atoms with Gasteiger partial charge in [0.15, 0.2) is 0 Å². The monoisotopic (exact) mass is 467 g/mol. The van der Waals surface area contributed by atoms with Crippen molar-refractivity contribution in [3.05, 3.63) is 0 Å². The van der Waals surface area contributed by atoms with Crippen LogP contribution in [0.15, 0.2) is 0 Å². The van der Waals surface area contributed by atoms with Crippen molar-refractivity contribution in [2.24, 2.45) is 0 Å². The topological polar surface area (TPSA) is 44.8 Å². The van der Waals surface area contributed by atoms with E-state index in [0.29, 0.717) is 13.2 Å². The van der Waals surface area contributed by atoms with E-state index < -0.39 is 0 Å². The minimum Gasteiger partial charge on any atom is -1.00 e. The molecule has 0 rings (SSSR count). The Bertz CT molecular complexity index is 353. The molecule has 170 valence electrons. The largest absolute Gasteiger partial charge is 1.00 e. The van der Waals surface area contributed by atoms with Gasteiger partial charge in [0.05, 0.1) is 33.9 Å². The average molecular weight is 469 g/mol. The number of rotatable bonds is 19. The van der Waals surface area contributed by atoms with Crippen molar-refractivity contribution in [3.63, 3.8) is 0 Å². The Hall–Kier alpha value is -0.170. The number of likely N-dealkylation sites (N-methyl/N-ethyl adjacent to an activating group) is 1. The Labute approximate surface area is 184 Å². The number of quaternary nitrogens is 1. The Balaban J connectivity index is 0. The molecule has 0 aromatic heterocycles. The Morgan fingerprint density at radius 2 is 1.46 bits per heavy atom. The summed E-state index contributed by atoms with van der Waals surface area (Å²) in [5, 5.41) is 0. The van der Waals surface area contributed by atoms with Crippen molar-refractivity contribution in [1.82, 2.24) is 0 Å². The molecule has 6 heteroatoms. The highest BCUT2D eigenvalue weighted by Crippen LogP contribution is 2.09. The molecule has 0 saturated carbocycles. The first-order chi connectivity index (χ1) is 12.9. The molecule has 0 aliphatic heterocycles. The van der Waals surface area contributed by atoms with Gasteiger partial charge in [-0.2, -0.15) is 0 Å². The molecule has 0 heterocycles. The van der Waals surface area contributed by atoms with Gasteiger partial charge in [-0.3, -0.25) is 4.79 Å². The third-order valence-electron chi connectivity index (χ3n) is 4.71. The van der Waals surface area contributed by atoms with Crippen LogP contribution in [0.2, 0.25) is 0 Å². The first-order valence-electron chi connectivity index (χ1n) is 11.1. The number of carbonyl (C=O) groups excluding carboxylic acids is 1. The summed E-state index contributed by atoms with van der Waals surface area (Å²) in [6.07, 6.45) is 10.8. The molecule has 0 aliphatic rings. The lowest BCUT2D eigenvalue weighted by Crippen LogP contribution is -3.00. The minimum absolute atomic E-state index is 0. The van der Waals surface area contributed by atoms with E-state index in [1.54, 1.807) is 0 Å². The van der Waals surface area contributed by atoms with Gasteiger partial charge in [-0.25, -0.2) is 0 Å². The third-order valence-corrected chi connectivity index (χ3v) is 4.71. The van der Waals surface area contributed by atoms with Crippen LogP contribution < -0.4 is 17.0 Å². The number of carbonyl (C=O) groups is 1. The zero-order valence-corrected chi connectivity index (χ0v) is 20.7. The van der Waals surface area contributed by atoms with E-state index in [1.165, 1.54) is 45.4 Å². The molecular formula is C22H46BrNO4. The number of esters is 1. The van der Waals surface area contributed by atoms with Crippen molar-refractivity contribution in [2.45, 2.75) is 84.7 Å². The van der Waals surface area contributed by atoms with Crippen LogP contribution in [-0.4, -0.2) is 70.2 Å². The van der Waals surface area contributed by atoms with E-state index in [-0.39, 0.29) is 29.1 Å². The zero-order valence-electron chi connectivity index (χ0n) is 19.1. The van der Waals surface area contributed by atoms with Crippen molar-refractivity contribution >= 4 is 5.97 Å². The van der Waals surface area contributed by atoms with Gasteiger partial charge in [0, 0.05) is 26.6 Å². The summed E-state index contributed by atoms with van der Waals surface area (Å²) in [6, 6.07) is 0. The van der Waals surface area contributed by atoms with E-state index >= 15 is 0 Å². The second-order valence-electron chi connectivity index (χ2n) is 8.22. The Kier molecular flexibility index (Phi) is 21.6. The Morgan fingerprint density at radius 3 is 2.04 bits per heavy atom. The number of hydrogen-bond donors (Lipinski definition) is 0. The maximum Gasteiger partial charge on any atom is 0.302 e. The summed E-state index contributed by atoms with van der Waals surface area (Å²) in [5.41, 5.74) is 0. The first kappa shape index (κ1) is 30.0. The summed E-state index contributed by atoms with van der Waals surface area (Å²) in [5.74, 6) is -0.204. The van der Waals surface area contributed by atoms with Crippen LogP contribution in [0.3, 0.4) is 0 Å². The minimum atomic E-state index is -0.204. The second-order valence-corrected chi connectivity index (χ2v) is 8.22. The lowest BCUT2D eigenvalue weighted by molar-refractivity contribution is -0.893. The molecule has 28 heavy (non-hydrogen) atoms. The van der Waals surface area contributed by atoms with Crippen molar-refractivity contribution in [2.75, 3.05) is 53.6 Å². The number of hydrogen-bond acceptors (Lipinski definition) is 4. The molecular weight excluding hydrogens is 422 g/mol. The third kappa shape index (κ3) is 20.6. The molecule has 5 nitrogen and oxygen atoms in total. The van der Waals surface area contributed by atoms with Gasteiger partial charge in [-0.05, 0) is 12.8 Å². The molecule has 1 unspecified atom stereocenters. The van der Waals surface area contributed by atoms with Gasteiger partial charge in [0.2, 0.25) is 0 Å². The zero-order chi connectivity index (χ0) is 20.4. The fourth-order valence-corrected chi connectivity index (χ4v) is 3.13. The molecule has 0 saturated heterocycles. The van der Waals surface area contributed by atoms with E-state index in [4.69, 9.17) is 14.2 Å². The maximum atomic E-state index is 10.9. The lowest BCUT2D eigenvalue weighted by Gasteiger charge is -2.33. The predicted octanol–water partition coefficient (Wildman–Crippen LogP) is 1.58. The van der Waals surface area contributed by atoms with Crippen LogP contribution >= 0.6 is 0 Å². The van der Waals surface area contributed by atoms with E-state index in [9.17, 15) is 4.79 Å². The molecule has 0 aromatic carbocycles. The maximum absolute atomic E-state index is 10.9. The van der Waals surface area contributed by atoms with Gasteiger partial charge < -0.3 is 35.7 Å². The molecule has 0 aromatic rings. The van der Waals surface area contributed by atoms with Crippen LogP contribution in [0.5, 0.6) is 0 Å². The molecule has 0 bridgehead atoms. The molecule has 0 aliphatic carbocycles. The SMILES string of the molecule is CCCCCCOCC(C[N+](C)(C)CCCOC(C)=O)OCCCCCC.[Br-]. The summed E-state index contributed by atoms with van der Waals surface area (Å²) in [4.78, 5) is 10.9. The highest BCUT2D eigenvalue weighted by molar-refractivity contribution is 5.65. The smallest absolute Gasteiger partial charge is 0.302 e. The number of ether oxygens (including phenoxy) is 3. The lowest BCUT2D eigenvalue weighted by atomic mass is 10.2. The summed E-state index contributed by atoms with van der Waals surface area (Å²) < 4.78 is 18.0. The molecule has 0 spiro atoms. The highest BCUT2D eigenvalue weighted by atomic mass is 79.9. The normalized spacial score (nSPS) is 12.5. The molecule has 0 N–H and O–H groups in total. The predicted molar refractivity (Wildman–Crippen MR) is 112 cm³/mol. The van der Waals surface area contributed by atoms with Crippen molar-refractivity contribution in [1.29, 1.82) is 0 Å². The number of halogens is 1. The van der Waals surface area contributed by atoms with Gasteiger partial charge in [-0.15, -0.1) is 0 Å². The van der Waals surface area contributed by atoms with Crippen LogP contribution in [0.25, 0.3) is 0 Å². The quantitative estimate of drug-likeness (QED) is 0.164. The molecule has 0 radical (unpaired) electrons. The fraction of sp³-hybridized carbons (Fsp3) is 0.955. The summed E-state index contributed by atoms with van der Waals surface area (Å²) in [7, 11) is 4.42.